The van der Waals surface area contributed by atoms with Crippen LogP contribution in [0.15, 0.2) is 51.7 Å². The Kier molecular flexibility index (Phi) is 7.42. The predicted molar refractivity (Wildman–Crippen MR) is 124 cm³/mol. The summed E-state index contributed by atoms with van der Waals surface area (Å²) in [4.78, 5) is 27.6. The molecular formula is C25H25F3N2O5. The van der Waals surface area contributed by atoms with Gasteiger partial charge in [-0.1, -0.05) is 25.5 Å². The quantitative estimate of drug-likeness (QED) is 0.483. The number of amides is 1. The number of halogens is 3. The Labute approximate surface area is 199 Å². The molecule has 0 atom stereocenters. The molecule has 35 heavy (non-hydrogen) atoms. The summed E-state index contributed by atoms with van der Waals surface area (Å²) in [5.74, 6) is -1.10. The van der Waals surface area contributed by atoms with Crippen LogP contribution in [0.2, 0.25) is 0 Å². The minimum atomic E-state index is -4.88. The average Bonchev–Trinajstić information content (AvgIpc) is 2.81. The van der Waals surface area contributed by atoms with Crippen molar-refractivity contribution in [1.29, 1.82) is 0 Å². The molecule has 2 heterocycles. The summed E-state index contributed by atoms with van der Waals surface area (Å²) in [5.41, 5.74) is 0.489. The maximum absolute atomic E-state index is 12.8. The molecule has 7 nitrogen and oxygen atoms in total. The highest BCUT2D eigenvalue weighted by molar-refractivity contribution is 6.05. The van der Waals surface area contributed by atoms with Crippen molar-refractivity contribution in [2.45, 2.75) is 32.7 Å². The van der Waals surface area contributed by atoms with Crippen LogP contribution in [-0.4, -0.2) is 43.5 Å². The normalized spacial score (nSPS) is 14.7. The number of nitrogens with zero attached hydrogens (tertiary/aromatic N) is 1. The summed E-state index contributed by atoms with van der Waals surface area (Å²) in [7, 11) is 0. The Bertz CT molecular complexity index is 1250. The molecule has 1 aromatic heterocycles. The first-order valence-corrected chi connectivity index (χ1v) is 11.3. The van der Waals surface area contributed by atoms with E-state index in [9.17, 15) is 22.8 Å². The van der Waals surface area contributed by atoms with Crippen LogP contribution in [0.4, 0.5) is 18.9 Å². The van der Waals surface area contributed by atoms with Gasteiger partial charge in [-0.15, -0.1) is 13.2 Å². The summed E-state index contributed by atoms with van der Waals surface area (Å²) >= 11 is 0. The number of nitrogens with one attached hydrogen (secondary N) is 1. The fraction of sp³-hybridized carbons (Fsp3) is 0.360. The highest BCUT2D eigenvalue weighted by atomic mass is 19.4. The molecule has 0 saturated carbocycles. The van der Waals surface area contributed by atoms with Gasteiger partial charge in [0.15, 0.2) is 0 Å². The lowest BCUT2D eigenvalue weighted by atomic mass is 10.0. The first-order chi connectivity index (χ1) is 16.7. The molecule has 1 fully saturated rings. The van der Waals surface area contributed by atoms with Crippen molar-refractivity contribution in [3.63, 3.8) is 0 Å². The topological polar surface area (TPSA) is 81.0 Å². The van der Waals surface area contributed by atoms with Crippen molar-refractivity contribution < 1.29 is 31.9 Å². The monoisotopic (exact) mass is 490 g/mol. The Morgan fingerprint density at radius 3 is 2.49 bits per heavy atom. The standard InChI is InChI=1S/C25H25F3N2O5/c1-2-3-19-21(35-25(26,27)28)9-6-17-14-20(24(32)34-22(17)19)23(31)29-18-7-4-16(5-8-18)15-30-10-12-33-13-11-30/h4-9,14H,2-3,10-13,15H2,1H3,(H,29,31). The van der Waals surface area contributed by atoms with Crippen LogP contribution < -0.4 is 15.7 Å². The molecule has 0 spiro atoms. The number of carbonyl (C=O) groups excluding carboxylic acids is 1. The van der Waals surface area contributed by atoms with Crippen molar-refractivity contribution in [2.75, 3.05) is 31.6 Å². The van der Waals surface area contributed by atoms with Crippen LogP contribution in [-0.2, 0) is 17.7 Å². The molecule has 0 aliphatic carbocycles. The minimum Gasteiger partial charge on any atom is -0.422 e. The summed E-state index contributed by atoms with van der Waals surface area (Å²) in [6.07, 6.45) is -4.18. The van der Waals surface area contributed by atoms with Crippen molar-refractivity contribution in [1.82, 2.24) is 4.90 Å². The SMILES string of the molecule is CCCc1c(OC(F)(F)F)ccc2cc(C(=O)Nc3ccc(CN4CCOCC4)cc3)c(=O)oc12. The number of rotatable bonds is 7. The third-order valence-electron chi connectivity index (χ3n) is 5.65. The first-order valence-electron chi connectivity index (χ1n) is 11.3. The molecule has 0 bridgehead atoms. The van der Waals surface area contributed by atoms with Gasteiger partial charge in [0.25, 0.3) is 5.91 Å². The number of carbonyl (C=O) groups is 1. The molecule has 1 aliphatic heterocycles. The molecule has 2 aromatic carbocycles. The van der Waals surface area contributed by atoms with E-state index in [0.717, 1.165) is 31.3 Å². The molecule has 0 unspecified atom stereocenters. The van der Waals surface area contributed by atoms with Gasteiger partial charge >= 0.3 is 12.0 Å². The Balaban J connectivity index is 1.54. The number of anilines is 1. The van der Waals surface area contributed by atoms with Gasteiger partial charge in [-0.3, -0.25) is 9.69 Å². The van der Waals surface area contributed by atoms with Gasteiger partial charge in [0.05, 0.1) is 13.2 Å². The number of alkyl halides is 3. The molecule has 1 aliphatic rings. The number of fused-ring (bicyclic) bond motifs is 1. The second-order valence-corrected chi connectivity index (χ2v) is 8.25. The van der Waals surface area contributed by atoms with Gasteiger partial charge in [0.2, 0.25) is 0 Å². The zero-order valence-electron chi connectivity index (χ0n) is 19.1. The summed E-state index contributed by atoms with van der Waals surface area (Å²) in [5, 5.41) is 3.00. The maximum atomic E-state index is 12.8. The average molecular weight is 490 g/mol. The summed E-state index contributed by atoms with van der Waals surface area (Å²) in [6, 6.07) is 11.1. The van der Waals surface area contributed by atoms with Crippen LogP contribution in [0.3, 0.4) is 0 Å². The van der Waals surface area contributed by atoms with Gasteiger partial charge in [-0.25, -0.2) is 4.79 Å². The Morgan fingerprint density at radius 2 is 1.83 bits per heavy atom. The number of benzene rings is 2. The number of morpholine rings is 1. The van der Waals surface area contributed by atoms with E-state index in [2.05, 4.69) is 15.0 Å². The Hall–Kier alpha value is -3.37. The van der Waals surface area contributed by atoms with E-state index in [1.165, 1.54) is 12.1 Å². The fourth-order valence-corrected chi connectivity index (χ4v) is 4.00. The first kappa shape index (κ1) is 24.7. The van der Waals surface area contributed by atoms with E-state index in [1.807, 2.05) is 12.1 Å². The zero-order chi connectivity index (χ0) is 25.0. The highest BCUT2D eigenvalue weighted by Gasteiger charge is 2.32. The van der Waals surface area contributed by atoms with E-state index in [1.54, 1.807) is 19.1 Å². The molecule has 1 N–H and O–H groups in total. The second kappa shape index (κ2) is 10.5. The van der Waals surface area contributed by atoms with E-state index in [-0.39, 0.29) is 23.1 Å². The van der Waals surface area contributed by atoms with Crippen molar-refractivity contribution >= 4 is 22.6 Å². The van der Waals surface area contributed by atoms with Crippen molar-refractivity contribution in [2.24, 2.45) is 0 Å². The van der Waals surface area contributed by atoms with Crippen molar-refractivity contribution in [3.05, 3.63) is 69.6 Å². The van der Waals surface area contributed by atoms with E-state index in [0.29, 0.717) is 30.7 Å². The molecule has 186 valence electrons. The third-order valence-corrected chi connectivity index (χ3v) is 5.65. The van der Waals surface area contributed by atoms with E-state index in [4.69, 9.17) is 9.15 Å². The molecule has 1 saturated heterocycles. The molecule has 0 radical (unpaired) electrons. The van der Waals surface area contributed by atoms with Gasteiger partial charge in [0.1, 0.15) is 16.9 Å². The maximum Gasteiger partial charge on any atom is 0.573 e. The van der Waals surface area contributed by atoms with Crippen LogP contribution in [0.25, 0.3) is 11.0 Å². The smallest absolute Gasteiger partial charge is 0.422 e. The number of aryl methyl sites for hydroxylation is 1. The molecule has 4 rings (SSSR count). The highest BCUT2D eigenvalue weighted by Crippen LogP contribution is 2.33. The lowest BCUT2D eigenvalue weighted by Gasteiger charge is -2.26. The Morgan fingerprint density at radius 1 is 1.11 bits per heavy atom. The van der Waals surface area contributed by atoms with Crippen LogP contribution in [0.5, 0.6) is 5.75 Å². The molecule has 10 heteroatoms. The molecule has 3 aromatic rings. The zero-order valence-corrected chi connectivity index (χ0v) is 19.1. The third kappa shape index (κ3) is 6.20. The van der Waals surface area contributed by atoms with Crippen molar-refractivity contribution in [3.8, 4) is 5.75 Å². The number of ether oxygens (including phenoxy) is 2. The van der Waals surface area contributed by atoms with Crippen LogP contribution in [0, 0.1) is 0 Å². The van der Waals surface area contributed by atoms with Gasteiger partial charge < -0.3 is 19.2 Å². The minimum absolute atomic E-state index is 0.0254. The fourth-order valence-electron chi connectivity index (χ4n) is 4.00. The van der Waals surface area contributed by atoms with Crippen LogP contribution in [0.1, 0.15) is 34.8 Å². The van der Waals surface area contributed by atoms with Gasteiger partial charge in [-0.2, -0.15) is 0 Å². The number of hydrogen-bond donors (Lipinski definition) is 1. The summed E-state index contributed by atoms with van der Waals surface area (Å²) in [6.45, 7) is 5.69. The second-order valence-electron chi connectivity index (χ2n) is 8.25. The lowest BCUT2D eigenvalue weighted by molar-refractivity contribution is -0.274. The largest absolute Gasteiger partial charge is 0.573 e. The van der Waals surface area contributed by atoms with Gasteiger partial charge in [0, 0.05) is 36.3 Å². The lowest BCUT2D eigenvalue weighted by Crippen LogP contribution is -2.35. The van der Waals surface area contributed by atoms with E-state index < -0.39 is 23.6 Å². The molecular weight excluding hydrogens is 465 g/mol. The van der Waals surface area contributed by atoms with E-state index >= 15 is 0 Å². The number of hydrogen-bond acceptors (Lipinski definition) is 6. The predicted octanol–water partition coefficient (Wildman–Crippen LogP) is 4.73. The summed E-state index contributed by atoms with van der Waals surface area (Å²) < 4.78 is 53.1. The molecule has 1 amide bonds. The van der Waals surface area contributed by atoms with Crippen LogP contribution >= 0.6 is 0 Å². The van der Waals surface area contributed by atoms with Gasteiger partial charge in [-0.05, 0) is 42.3 Å².